The summed E-state index contributed by atoms with van der Waals surface area (Å²) in [6.07, 6.45) is -0.729. The number of benzene rings is 1. The van der Waals surface area contributed by atoms with Crippen LogP contribution in [-0.2, 0) is 17.1 Å². The molecule has 1 unspecified atom stereocenters. The fourth-order valence-electron chi connectivity index (χ4n) is 3.06. The van der Waals surface area contributed by atoms with Crippen LogP contribution >= 0.6 is 11.8 Å². The molecule has 188 valence electrons. The molecular weight excluding hydrogens is 474 g/mol. The SMILES string of the molecule is CN(C)Cc1ccc(CSCC(NC(=O)c2cccc3oc(=O)c(=O)oc23)NC(=O)C(C)(C)C)o1. The molecule has 0 saturated carbocycles. The van der Waals surface area contributed by atoms with Gasteiger partial charge in [0.15, 0.2) is 11.2 Å². The molecule has 0 aliphatic rings. The van der Waals surface area contributed by atoms with Crippen LogP contribution in [0.4, 0.5) is 0 Å². The Hall–Kier alpha value is -3.31. The van der Waals surface area contributed by atoms with Crippen LogP contribution in [0.5, 0.6) is 0 Å². The lowest BCUT2D eigenvalue weighted by molar-refractivity contribution is -0.129. The maximum atomic E-state index is 13.1. The van der Waals surface area contributed by atoms with E-state index in [-0.39, 0.29) is 22.6 Å². The van der Waals surface area contributed by atoms with Gasteiger partial charge in [0.1, 0.15) is 17.7 Å². The second-order valence-corrected chi connectivity index (χ2v) is 10.3. The van der Waals surface area contributed by atoms with Crippen molar-refractivity contribution < 1.29 is 22.8 Å². The van der Waals surface area contributed by atoms with Gasteiger partial charge < -0.3 is 28.8 Å². The summed E-state index contributed by atoms with van der Waals surface area (Å²) in [5.41, 5.74) is -3.22. The molecule has 0 spiro atoms. The van der Waals surface area contributed by atoms with Crippen molar-refractivity contribution in [3.8, 4) is 0 Å². The van der Waals surface area contributed by atoms with Gasteiger partial charge in [-0.2, -0.15) is 0 Å². The molecular formula is C24H29N3O7S. The molecule has 0 saturated heterocycles. The Kier molecular flexibility index (Phi) is 8.23. The molecule has 2 amide bonds. The zero-order valence-electron chi connectivity index (χ0n) is 20.3. The molecule has 1 atom stereocenters. The summed E-state index contributed by atoms with van der Waals surface area (Å²) < 4.78 is 15.7. The zero-order chi connectivity index (χ0) is 25.8. The number of carbonyl (C=O) groups excluding carboxylic acids is 2. The van der Waals surface area contributed by atoms with E-state index in [1.165, 1.54) is 30.0 Å². The summed E-state index contributed by atoms with van der Waals surface area (Å²) in [4.78, 5) is 50.8. The van der Waals surface area contributed by atoms with E-state index in [4.69, 9.17) is 13.3 Å². The standard InChI is InChI=1S/C24H29N3O7S/c1-24(2,3)23(31)26-18(13-35-12-15-10-9-14(32-15)11-27(4)5)25-20(28)16-7-6-8-17-19(16)34-22(30)21(29)33-17/h6-10,18H,11-13H2,1-5H3,(H,25,28)(H,26,31). The molecule has 3 aromatic rings. The Bertz CT molecular complexity index is 1320. The molecule has 3 rings (SSSR count). The largest absolute Gasteiger partial charge is 0.464 e. The van der Waals surface area contributed by atoms with Gasteiger partial charge in [-0.05, 0) is 38.4 Å². The highest BCUT2D eigenvalue weighted by atomic mass is 32.2. The van der Waals surface area contributed by atoms with Crippen molar-refractivity contribution in [3.05, 3.63) is 68.3 Å². The molecule has 0 radical (unpaired) electrons. The summed E-state index contributed by atoms with van der Waals surface area (Å²) in [5.74, 6) is 1.68. The number of amides is 2. The number of nitrogens with one attached hydrogen (secondary N) is 2. The molecule has 10 nitrogen and oxygen atoms in total. The second-order valence-electron chi connectivity index (χ2n) is 9.28. The van der Waals surface area contributed by atoms with E-state index < -0.39 is 28.7 Å². The summed E-state index contributed by atoms with van der Waals surface area (Å²) in [5, 5.41) is 5.62. The molecule has 0 aliphatic heterocycles. The van der Waals surface area contributed by atoms with E-state index in [2.05, 4.69) is 10.6 Å². The van der Waals surface area contributed by atoms with E-state index in [0.717, 1.165) is 11.5 Å². The summed E-state index contributed by atoms with van der Waals surface area (Å²) >= 11 is 1.47. The first-order valence-corrected chi connectivity index (χ1v) is 12.1. The molecule has 0 fully saturated rings. The number of hydrogen-bond donors (Lipinski definition) is 2. The Morgan fingerprint density at radius 2 is 1.66 bits per heavy atom. The van der Waals surface area contributed by atoms with Gasteiger partial charge in [0.05, 0.1) is 17.9 Å². The number of carbonyl (C=O) groups is 2. The van der Waals surface area contributed by atoms with Gasteiger partial charge in [-0.15, -0.1) is 11.8 Å². The van der Waals surface area contributed by atoms with E-state index in [1.54, 1.807) is 20.8 Å². The van der Waals surface area contributed by atoms with Crippen molar-refractivity contribution in [2.75, 3.05) is 19.8 Å². The van der Waals surface area contributed by atoms with E-state index >= 15 is 0 Å². The van der Waals surface area contributed by atoms with Gasteiger partial charge in [-0.25, -0.2) is 9.59 Å². The first-order chi connectivity index (χ1) is 16.4. The quantitative estimate of drug-likeness (QED) is 0.334. The lowest BCUT2D eigenvalue weighted by Gasteiger charge is -2.25. The van der Waals surface area contributed by atoms with Crippen molar-refractivity contribution in [2.45, 2.75) is 39.2 Å². The van der Waals surface area contributed by atoms with Crippen LogP contribution in [-0.4, -0.2) is 42.7 Å². The normalized spacial score (nSPS) is 12.6. The lowest BCUT2D eigenvalue weighted by atomic mass is 9.95. The van der Waals surface area contributed by atoms with Gasteiger partial charge in [0.2, 0.25) is 5.91 Å². The topological polar surface area (TPSA) is 135 Å². The summed E-state index contributed by atoms with van der Waals surface area (Å²) in [7, 11) is 3.91. The van der Waals surface area contributed by atoms with Gasteiger partial charge in [-0.1, -0.05) is 26.8 Å². The van der Waals surface area contributed by atoms with Crippen molar-refractivity contribution in [1.82, 2.24) is 15.5 Å². The second kappa shape index (κ2) is 11.0. The number of hydrogen-bond acceptors (Lipinski definition) is 9. The minimum atomic E-state index is -1.21. The lowest BCUT2D eigenvalue weighted by Crippen LogP contribution is -2.52. The Morgan fingerprint density at radius 1 is 0.971 bits per heavy atom. The van der Waals surface area contributed by atoms with Crippen LogP contribution in [0.2, 0.25) is 0 Å². The average Bonchev–Trinajstić information content (AvgIpc) is 3.19. The van der Waals surface area contributed by atoms with Crippen LogP contribution in [0, 0.1) is 5.41 Å². The number of fused-ring (bicyclic) bond motifs is 1. The van der Waals surface area contributed by atoms with Gasteiger partial charge in [-0.3, -0.25) is 9.59 Å². The number of furan rings is 1. The highest BCUT2D eigenvalue weighted by Gasteiger charge is 2.26. The summed E-state index contributed by atoms with van der Waals surface area (Å²) in [6.45, 7) is 5.99. The van der Waals surface area contributed by atoms with Gasteiger partial charge >= 0.3 is 11.3 Å². The number of para-hydroxylation sites is 1. The van der Waals surface area contributed by atoms with Crippen molar-refractivity contribution in [3.63, 3.8) is 0 Å². The number of nitrogens with zero attached hydrogens (tertiary/aromatic N) is 1. The van der Waals surface area contributed by atoms with Crippen molar-refractivity contribution in [1.29, 1.82) is 0 Å². The fraction of sp³-hybridized carbons (Fsp3) is 0.417. The van der Waals surface area contributed by atoms with Crippen molar-refractivity contribution >= 4 is 34.7 Å². The maximum absolute atomic E-state index is 13.1. The third kappa shape index (κ3) is 7.09. The molecule has 1 aromatic carbocycles. The molecule has 2 heterocycles. The molecule has 0 bridgehead atoms. The average molecular weight is 504 g/mol. The minimum Gasteiger partial charge on any atom is -0.464 e. The van der Waals surface area contributed by atoms with Crippen LogP contribution < -0.4 is 21.9 Å². The monoisotopic (exact) mass is 503 g/mol. The van der Waals surface area contributed by atoms with Gasteiger partial charge in [0.25, 0.3) is 5.91 Å². The third-order valence-electron chi connectivity index (χ3n) is 4.80. The van der Waals surface area contributed by atoms with Crippen LogP contribution in [0.15, 0.2) is 53.2 Å². The minimum absolute atomic E-state index is 0.00252. The molecule has 0 aliphatic carbocycles. The molecule has 35 heavy (non-hydrogen) atoms. The van der Waals surface area contributed by atoms with Crippen LogP contribution in [0.1, 0.15) is 42.6 Å². The van der Waals surface area contributed by atoms with E-state index in [0.29, 0.717) is 18.1 Å². The highest BCUT2D eigenvalue weighted by molar-refractivity contribution is 7.98. The Morgan fingerprint density at radius 3 is 2.34 bits per heavy atom. The number of rotatable bonds is 9. The predicted octanol–water partition coefficient (Wildman–Crippen LogP) is 2.55. The molecule has 2 aromatic heterocycles. The first kappa shape index (κ1) is 26.3. The van der Waals surface area contributed by atoms with Crippen LogP contribution in [0.3, 0.4) is 0 Å². The highest BCUT2D eigenvalue weighted by Crippen LogP contribution is 2.19. The van der Waals surface area contributed by atoms with Crippen LogP contribution in [0.25, 0.3) is 11.2 Å². The molecule has 11 heteroatoms. The maximum Gasteiger partial charge on any atom is 0.423 e. The Balaban J connectivity index is 1.75. The van der Waals surface area contributed by atoms with Crippen molar-refractivity contribution in [2.24, 2.45) is 5.41 Å². The summed E-state index contributed by atoms with van der Waals surface area (Å²) in [6, 6.07) is 8.17. The first-order valence-electron chi connectivity index (χ1n) is 10.9. The predicted molar refractivity (Wildman–Crippen MR) is 132 cm³/mol. The number of thioether (sulfide) groups is 1. The van der Waals surface area contributed by atoms with Gasteiger partial charge in [0, 0.05) is 11.2 Å². The fourth-order valence-corrected chi connectivity index (χ4v) is 3.94. The zero-order valence-corrected chi connectivity index (χ0v) is 21.1. The van der Waals surface area contributed by atoms with E-state index in [9.17, 15) is 19.2 Å². The molecule has 2 N–H and O–H groups in total. The smallest absolute Gasteiger partial charge is 0.423 e. The van der Waals surface area contributed by atoms with E-state index in [1.807, 2.05) is 31.1 Å². The Labute approximate surface area is 206 Å². The third-order valence-corrected chi connectivity index (χ3v) is 5.86.